The molecule has 12 rings (SSSR count). The maximum atomic E-state index is 6.74. The van der Waals surface area contributed by atoms with Gasteiger partial charge in [0, 0.05) is 38.4 Å². The normalized spacial score (nSPS) is 16.5. The number of hydrogen-bond acceptors (Lipinski definition) is 3. The molecule has 0 unspecified atom stereocenters. The van der Waals surface area contributed by atoms with Crippen LogP contribution in [0.4, 0.5) is 0 Å². The van der Waals surface area contributed by atoms with Crippen molar-refractivity contribution in [1.82, 2.24) is 0 Å². The van der Waals surface area contributed by atoms with Gasteiger partial charge in [0.1, 0.15) is 22.3 Å². The van der Waals surface area contributed by atoms with E-state index >= 15 is 0 Å². The van der Waals surface area contributed by atoms with Gasteiger partial charge in [-0.15, -0.1) is 0 Å². The standard InChI is InChI=1S/C58H39NO2/c1-36-45(40-13-3-2-4-14-40)19-11-20-52(59-58(36)44-28-30-48-47-17-9-10-21-53(47)60-55(48)34-44)50-35-56-57(49-18-8-7-16-46(49)50)51-33-43(29-31-54(51)61-56)39-24-22-38(23-25-39)42-27-26-37-12-5-6-15-41(37)32-42/h2-10,12-19,21-35H,11,20H2,1H3/b45-19+,58-36-,59-52+. The molecule has 3 heteroatoms. The minimum Gasteiger partial charge on any atom is -0.456 e. The molecule has 3 heterocycles. The number of para-hydroxylation sites is 1. The third-order valence-corrected chi connectivity index (χ3v) is 12.6. The zero-order chi connectivity index (χ0) is 40.4. The van der Waals surface area contributed by atoms with Crippen LogP contribution in [-0.4, -0.2) is 5.71 Å². The molecule has 2 aromatic heterocycles. The van der Waals surface area contributed by atoms with Gasteiger partial charge in [-0.25, -0.2) is 0 Å². The first-order chi connectivity index (χ1) is 30.1. The van der Waals surface area contributed by atoms with Crippen molar-refractivity contribution in [1.29, 1.82) is 0 Å². The van der Waals surface area contributed by atoms with E-state index in [2.05, 4.69) is 189 Å². The maximum Gasteiger partial charge on any atom is 0.136 e. The number of nitrogens with zero attached hydrogens (tertiary/aromatic N) is 1. The fourth-order valence-electron chi connectivity index (χ4n) is 9.49. The first-order valence-electron chi connectivity index (χ1n) is 21.1. The van der Waals surface area contributed by atoms with Crippen LogP contribution in [0.25, 0.3) is 98.9 Å². The highest BCUT2D eigenvalue weighted by Crippen LogP contribution is 2.41. The van der Waals surface area contributed by atoms with Gasteiger partial charge in [0.25, 0.3) is 0 Å². The van der Waals surface area contributed by atoms with Crippen molar-refractivity contribution in [2.45, 2.75) is 19.8 Å². The summed E-state index contributed by atoms with van der Waals surface area (Å²) in [6.45, 7) is 2.21. The third-order valence-electron chi connectivity index (χ3n) is 12.6. The molecule has 0 amide bonds. The fraction of sp³-hybridized carbons (Fsp3) is 0.0517. The molecule has 0 bridgehead atoms. The van der Waals surface area contributed by atoms with Crippen molar-refractivity contribution < 1.29 is 8.83 Å². The van der Waals surface area contributed by atoms with Crippen LogP contribution >= 0.6 is 0 Å². The number of fused-ring (bicyclic) bond motifs is 9. The second-order valence-corrected chi connectivity index (χ2v) is 16.2. The summed E-state index contributed by atoms with van der Waals surface area (Å²) in [6.07, 6.45) is 4.01. The number of rotatable bonds is 5. The average Bonchev–Trinajstić information content (AvgIpc) is 3.88. The van der Waals surface area contributed by atoms with Crippen LogP contribution < -0.4 is 0 Å². The maximum absolute atomic E-state index is 6.74. The van der Waals surface area contributed by atoms with Gasteiger partial charge in [-0.05, 0) is 123 Å². The van der Waals surface area contributed by atoms with Crippen LogP contribution in [-0.2, 0) is 0 Å². The van der Waals surface area contributed by atoms with E-state index in [-0.39, 0.29) is 0 Å². The Morgan fingerprint density at radius 1 is 0.410 bits per heavy atom. The van der Waals surface area contributed by atoms with Crippen LogP contribution in [0.5, 0.6) is 0 Å². The van der Waals surface area contributed by atoms with Gasteiger partial charge in [0.05, 0.1) is 5.70 Å². The smallest absolute Gasteiger partial charge is 0.136 e. The molecular formula is C58H39NO2. The van der Waals surface area contributed by atoms with Gasteiger partial charge in [-0.1, -0.05) is 152 Å². The lowest BCUT2D eigenvalue weighted by molar-refractivity contribution is 0.668. The molecule has 0 radical (unpaired) electrons. The molecule has 0 fully saturated rings. The molecule has 3 nitrogen and oxygen atoms in total. The van der Waals surface area contributed by atoms with E-state index in [1.165, 1.54) is 44.0 Å². The Hall–Kier alpha value is -7.75. The highest BCUT2D eigenvalue weighted by atomic mass is 16.3. The highest BCUT2D eigenvalue weighted by Gasteiger charge is 2.21. The van der Waals surface area contributed by atoms with Crippen LogP contribution in [0.15, 0.2) is 214 Å². The Morgan fingerprint density at radius 2 is 1.03 bits per heavy atom. The summed E-state index contributed by atoms with van der Waals surface area (Å²) < 4.78 is 13.2. The Balaban J connectivity index is 0.984. The van der Waals surface area contributed by atoms with Crippen molar-refractivity contribution in [2.75, 3.05) is 0 Å². The number of benzene rings is 9. The second-order valence-electron chi connectivity index (χ2n) is 16.2. The molecule has 0 N–H and O–H groups in total. The second kappa shape index (κ2) is 14.2. The molecule has 0 spiro atoms. The molecular weight excluding hydrogens is 743 g/mol. The SMILES string of the molecule is CC1=C(c2ccc3c(c2)oc2ccccc23)/N=C(/c2cc3oc4ccc(-c5ccc(-c6ccc7ccccc7c6)cc5)cc4c3c3ccccc23)CC/C=C\1c1ccccc1. The summed E-state index contributed by atoms with van der Waals surface area (Å²) in [6, 6.07) is 67.1. The van der Waals surface area contributed by atoms with Gasteiger partial charge in [-0.2, -0.15) is 0 Å². The zero-order valence-electron chi connectivity index (χ0n) is 33.7. The topological polar surface area (TPSA) is 38.6 Å². The van der Waals surface area contributed by atoms with Crippen molar-refractivity contribution in [3.05, 3.63) is 216 Å². The van der Waals surface area contributed by atoms with E-state index in [4.69, 9.17) is 13.8 Å². The summed E-state index contributed by atoms with van der Waals surface area (Å²) in [7, 11) is 0. The summed E-state index contributed by atoms with van der Waals surface area (Å²) in [5.74, 6) is 0. The molecule has 1 aliphatic heterocycles. The van der Waals surface area contributed by atoms with E-state index < -0.39 is 0 Å². The molecule has 1 aliphatic rings. The summed E-state index contributed by atoms with van der Waals surface area (Å²) in [5.41, 5.74) is 15.9. The minimum atomic E-state index is 0.773. The minimum absolute atomic E-state index is 0.773. The van der Waals surface area contributed by atoms with E-state index in [0.29, 0.717) is 0 Å². The molecule has 0 aliphatic carbocycles. The first-order valence-corrected chi connectivity index (χ1v) is 21.1. The molecule has 288 valence electrons. The van der Waals surface area contributed by atoms with E-state index in [9.17, 15) is 0 Å². The molecule has 0 saturated heterocycles. The Kier molecular flexibility index (Phi) is 8.21. The number of hydrogen-bond donors (Lipinski definition) is 0. The van der Waals surface area contributed by atoms with Crippen molar-refractivity contribution in [3.8, 4) is 22.3 Å². The van der Waals surface area contributed by atoms with Gasteiger partial charge < -0.3 is 8.83 Å². The zero-order valence-corrected chi connectivity index (χ0v) is 33.7. The van der Waals surface area contributed by atoms with E-state index in [0.717, 1.165) is 95.8 Å². The lowest BCUT2D eigenvalue weighted by Gasteiger charge is -2.19. The molecule has 9 aromatic carbocycles. The Labute approximate surface area is 353 Å². The Bertz CT molecular complexity index is 3630. The highest BCUT2D eigenvalue weighted by molar-refractivity contribution is 6.25. The monoisotopic (exact) mass is 781 g/mol. The first kappa shape index (κ1) is 35.2. The quantitative estimate of drug-likeness (QED) is 0.174. The molecule has 0 saturated carbocycles. The lowest BCUT2D eigenvalue weighted by atomic mass is 9.90. The third kappa shape index (κ3) is 6.00. The van der Waals surface area contributed by atoms with Gasteiger partial charge >= 0.3 is 0 Å². The van der Waals surface area contributed by atoms with Crippen LogP contribution in [0.3, 0.4) is 0 Å². The van der Waals surface area contributed by atoms with Crippen molar-refractivity contribution in [3.63, 3.8) is 0 Å². The summed E-state index contributed by atoms with van der Waals surface area (Å²) >= 11 is 0. The molecule has 11 aromatic rings. The largest absolute Gasteiger partial charge is 0.456 e. The predicted octanol–water partition coefficient (Wildman–Crippen LogP) is 16.2. The van der Waals surface area contributed by atoms with Crippen molar-refractivity contribution in [2.24, 2.45) is 4.99 Å². The van der Waals surface area contributed by atoms with E-state index in [1.54, 1.807) is 0 Å². The number of aliphatic imine (C=N–C) groups is 1. The predicted molar refractivity (Wildman–Crippen MR) is 256 cm³/mol. The summed E-state index contributed by atoms with van der Waals surface area (Å²) in [4.78, 5) is 5.67. The van der Waals surface area contributed by atoms with Crippen molar-refractivity contribution >= 4 is 82.4 Å². The van der Waals surface area contributed by atoms with E-state index in [1.807, 2.05) is 12.1 Å². The van der Waals surface area contributed by atoms with Crippen LogP contribution in [0.2, 0.25) is 0 Å². The Morgan fingerprint density at radius 3 is 1.87 bits per heavy atom. The van der Waals surface area contributed by atoms with Gasteiger partial charge in [0.15, 0.2) is 0 Å². The number of furan rings is 2. The number of allylic oxidation sites excluding steroid dienone is 3. The van der Waals surface area contributed by atoms with Gasteiger partial charge in [0.2, 0.25) is 0 Å². The van der Waals surface area contributed by atoms with Gasteiger partial charge in [-0.3, -0.25) is 4.99 Å². The van der Waals surface area contributed by atoms with Crippen LogP contribution in [0, 0.1) is 0 Å². The average molecular weight is 782 g/mol. The summed E-state index contributed by atoms with van der Waals surface area (Å²) in [5, 5.41) is 9.30. The lowest BCUT2D eigenvalue weighted by Crippen LogP contribution is -2.06. The molecule has 0 atom stereocenters. The molecule has 61 heavy (non-hydrogen) atoms. The van der Waals surface area contributed by atoms with Crippen LogP contribution in [0.1, 0.15) is 36.5 Å². The fourth-order valence-corrected chi connectivity index (χ4v) is 9.49.